The van der Waals surface area contributed by atoms with Crippen molar-refractivity contribution in [3.05, 3.63) is 0 Å². The third-order valence-electron chi connectivity index (χ3n) is 9.35. The Morgan fingerprint density at radius 1 is 0.525 bits per heavy atom. The van der Waals surface area contributed by atoms with Crippen LogP contribution in [-0.2, 0) is 81.5 Å². The molecule has 0 aliphatic carbocycles. The molecule has 0 saturated carbocycles. The third-order valence-corrected chi connectivity index (χ3v) is 10.3. The Morgan fingerprint density at radius 2 is 0.934 bits per heavy atom. The van der Waals surface area contributed by atoms with E-state index in [2.05, 4.69) is 19.0 Å². The summed E-state index contributed by atoms with van der Waals surface area (Å²) < 4.78 is 113. The summed E-state index contributed by atoms with van der Waals surface area (Å²) in [5, 5.41) is 108. The summed E-state index contributed by atoms with van der Waals surface area (Å²) in [4.78, 5) is 48.9. The number of carbonyl (C=O) groups is 4. The van der Waals surface area contributed by atoms with Crippen LogP contribution in [0.15, 0.2) is 0 Å². The van der Waals surface area contributed by atoms with Crippen LogP contribution in [0.2, 0.25) is 0 Å². The lowest BCUT2D eigenvalue weighted by Crippen LogP contribution is -2.71. The summed E-state index contributed by atoms with van der Waals surface area (Å²) in [6.45, 7) is -0.754. The molecule has 352 valence electrons. The lowest BCUT2D eigenvalue weighted by Gasteiger charge is -2.50. The van der Waals surface area contributed by atoms with Gasteiger partial charge in [0.1, 0.15) is 85.3 Å². The average molecular weight is 937 g/mol. The van der Waals surface area contributed by atoms with Gasteiger partial charge in [-0.05, 0) is 0 Å². The number of hydrogen-bond donors (Lipinski definition) is 14. The summed E-state index contributed by atoms with van der Waals surface area (Å²) in [5.41, 5.74) is 0. The minimum absolute atomic E-state index is 0.823. The van der Waals surface area contributed by atoms with Crippen LogP contribution in [0.1, 0.15) is 13.8 Å². The van der Waals surface area contributed by atoms with Gasteiger partial charge >= 0.3 is 32.7 Å². The van der Waals surface area contributed by atoms with Gasteiger partial charge in [0.2, 0.25) is 11.8 Å². The summed E-state index contributed by atoms with van der Waals surface area (Å²) >= 11 is 0. The van der Waals surface area contributed by atoms with Crippen molar-refractivity contribution >= 4 is 44.6 Å². The fourth-order valence-corrected chi connectivity index (χ4v) is 7.80. The summed E-state index contributed by atoms with van der Waals surface area (Å²) in [5.74, 6) is -5.99. The van der Waals surface area contributed by atoms with Gasteiger partial charge in [-0.1, -0.05) is 0 Å². The van der Waals surface area contributed by atoms with E-state index in [0.717, 1.165) is 13.8 Å². The first-order chi connectivity index (χ1) is 28.2. The number of carboxylic acid groups (broad SMARTS) is 2. The first-order valence-electron chi connectivity index (χ1n) is 17.4. The molecule has 0 radical (unpaired) electrons. The zero-order chi connectivity index (χ0) is 46.0. The lowest BCUT2D eigenvalue weighted by atomic mass is 9.94. The number of aliphatic hydroxyl groups excluding tert-OH is 8. The van der Waals surface area contributed by atoms with E-state index in [9.17, 15) is 96.2 Å². The maximum Gasteiger partial charge on any atom is 0.397 e. The van der Waals surface area contributed by atoms with Crippen molar-refractivity contribution in [2.45, 2.75) is 137 Å². The lowest BCUT2D eigenvalue weighted by molar-refractivity contribution is -0.367. The van der Waals surface area contributed by atoms with Crippen LogP contribution >= 0.6 is 0 Å². The van der Waals surface area contributed by atoms with E-state index < -0.39 is 180 Å². The van der Waals surface area contributed by atoms with Crippen molar-refractivity contribution in [3.63, 3.8) is 0 Å². The molecule has 0 aromatic heterocycles. The fraction of sp³-hybridized carbons (Fsp3) is 0.857. The summed E-state index contributed by atoms with van der Waals surface area (Å²) in [6.07, 6.45) is -41.8. The van der Waals surface area contributed by atoms with E-state index in [0.29, 0.717) is 0 Å². The van der Waals surface area contributed by atoms with Crippen molar-refractivity contribution in [3.8, 4) is 0 Å². The smallest absolute Gasteiger partial charge is 0.397 e. The minimum Gasteiger partial charge on any atom is -0.479 e. The number of nitrogens with one attached hydrogen (secondary N) is 2. The Hall–Kier alpha value is -2.98. The van der Waals surface area contributed by atoms with Gasteiger partial charge in [0.25, 0.3) is 0 Å². The number of aliphatic hydroxyl groups is 8. The van der Waals surface area contributed by atoms with Crippen molar-refractivity contribution in [1.82, 2.24) is 10.6 Å². The van der Waals surface area contributed by atoms with Crippen LogP contribution in [-0.4, -0.2) is 237 Å². The molecule has 4 fully saturated rings. The van der Waals surface area contributed by atoms with E-state index in [-0.39, 0.29) is 0 Å². The molecule has 2 amide bonds. The molecular formula is C28H44N2O29S2. The van der Waals surface area contributed by atoms with E-state index in [1.807, 2.05) is 0 Å². The van der Waals surface area contributed by atoms with Crippen molar-refractivity contribution in [1.29, 1.82) is 0 Å². The number of carbonyl (C=O) groups excluding carboxylic acids is 2. The van der Waals surface area contributed by atoms with Gasteiger partial charge in [-0.25, -0.2) is 18.0 Å². The fourth-order valence-electron chi connectivity index (χ4n) is 6.78. The van der Waals surface area contributed by atoms with E-state index in [4.69, 9.17) is 33.2 Å². The largest absolute Gasteiger partial charge is 0.479 e. The average Bonchev–Trinajstić information content (AvgIpc) is 3.13. The van der Waals surface area contributed by atoms with Gasteiger partial charge in [-0.3, -0.25) is 18.7 Å². The molecule has 8 unspecified atom stereocenters. The highest BCUT2D eigenvalue weighted by molar-refractivity contribution is 7.81. The minimum atomic E-state index is -5.60. The molecule has 31 nitrogen and oxygen atoms in total. The molecule has 4 aliphatic rings. The second-order valence-corrected chi connectivity index (χ2v) is 15.8. The number of aliphatic carboxylic acids is 2. The topological polar surface area (TPSA) is 486 Å². The monoisotopic (exact) mass is 936 g/mol. The Kier molecular flexibility index (Phi) is 16.8. The predicted octanol–water partition coefficient (Wildman–Crippen LogP) is -9.62. The molecule has 0 spiro atoms. The van der Waals surface area contributed by atoms with Crippen molar-refractivity contribution in [2.24, 2.45) is 0 Å². The van der Waals surface area contributed by atoms with Crippen molar-refractivity contribution in [2.75, 3.05) is 13.2 Å². The van der Waals surface area contributed by atoms with Crippen LogP contribution in [0.4, 0.5) is 0 Å². The Balaban J connectivity index is 1.73. The van der Waals surface area contributed by atoms with Crippen LogP contribution in [0.3, 0.4) is 0 Å². The molecule has 20 atom stereocenters. The molecule has 0 aromatic carbocycles. The van der Waals surface area contributed by atoms with Gasteiger partial charge < -0.3 is 94.9 Å². The maximum atomic E-state index is 12.6. The van der Waals surface area contributed by atoms with Gasteiger partial charge in [0, 0.05) is 13.8 Å². The molecule has 4 rings (SSSR count). The van der Waals surface area contributed by atoms with Crippen molar-refractivity contribution < 1.29 is 138 Å². The number of hydrogen-bond acceptors (Lipinski definition) is 25. The molecule has 61 heavy (non-hydrogen) atoms. The highest BCUT2D eigenvalue weighted by atomic mass is 32.3. The van der Waals surface area contributed by atoms with Gasteiger partial charge in [-0.15, -0.1) is 0 Å². The Morgan fingerprint density at radius 3 is 1.38 bits per heavy atom. The number of rotatable bonds is 16. The number of ether oxygens (including phenoxy) is 7. The zero-order valence-corrected chi connectivity index (χ0v) is 32.7. The van der Waals surface area contributed by atoms with E-state index >= 15 is 0 Å². The zero-order valence-electron chi connectivity index (χ0n) is 31.1. The standard InChI is InChI=1S/C28H44N2O29S2/c1-5(33)29-9-18(16(58-60(45,46)47)7(3-31)51-25(9)44)53-28-15(39)13(37)20(22(57-28)24(42)43)55-26-10(30-6(2)34)19(17(8(4-32)52-26)59-61(48,49)50)54-27-14(38)11(35)12(36)21(56-27)23(40)41/h7-22,25-28,31-32,35-39,44H,3-4H2,1-2H3,(H,29,33)(H,30,34)(H,40,41)(H,42,43)(H,45,46,47)(H,48,49,50)/t7?,8?,9?,10?,11-,12+,13+,14?,15?,16-,17-,18+,19+,20+,21?,22?,25+,26-,27+,28+/m0/s1. The molecule has 0 bridgehead atoms. The van der Waals surface area contributed by atoms with Crippen LogP contribution in [0.25, 0.3) is 0 Å². The normalized spacial score (nSPS) is 42.3. The number of carboxylic acids is 2. The molecule has 14 N–H and O–H groups in total. The second kappa shape index (κ2) is 20.2. The maximum absolute atomic E-state index is 12.6. The molecular weight excluding hydrogens is 892 g/mol. The quantitative estimate of drug-likeness (QED) is 0.0639. The van der Waals surface area contributed by atoms with E-state index in [1.54, 1.807) is 0 Å². The second-order valence-electron chi connectivity index (χ2n) is 13.7. The Labute approximate surface area is 342 Å². The predicted molar refractivity (Wildman–Crippen MR) is 179 cm³/mol. The van der Waals surface area contributed by atoms with Crippen LogP contribution in [0, 0.1) is 0 Å². The molecule has 4 heterocycles. The van der Waals surface area contributed by atoms with Gasteiger partial charge in [-0.2, -0.15) is 16.8 Å². The first-order valence-corrected chi connectivity index (χ1v) is 20.1. The molecule has 4 aliphatic heterocycles. The number of amides is 2. The van der Waals surface area contributed by atoms with Gasteiger partial charge in [0.05, 0.1) is 13.2 Å². The van der Waals surface area contributed by atoms with E-state index in [1.165, 1.54) is 0 Å². The summed E-state index contributed by atoms with van der Waals surface area (Å²) in [7, 11) is -11.1. The van der Waals surface area contributed by atoms with Gasteiger partial charge in [0.15, 0.2) is 37.4 Å². The SMILES string of the molecule is CC(=O)NC1[C@H](O[C@H]2C(C(=O)O)O[C@@H](O[C@@H]3C(NC(C)=O)[C@H](O)OC(CO)[C@@H]3OS(=O)(=O)O)C(O)[C@H]2O)OC(CO)[C@H](OS(=O)(=O)O)[C@@H]1O[C@@H]1OC(C(=O)O)[C@H](O)[C@H](O)C1O. The Bertz CT molecular complexity index is 1790. The summed E-state index contributed by atoms with van der Waals surface area (Å²) in [6, 6.07) is -4.04. The van der Waals surface area contributed by atoms with Crippen LogP contribution < -0.4 is 10.6 Å². The highest BCUT2D eigenvalue weighted by Gasteiger charge is 2.59. The highest BCUT2D eigenvalue weighted by Crippen LogP contribution is 2.36. The molecule has 0 aromatic rings. The molecule has 33 heteroatoms. The third kappa shape index (κ3) is 12.2. The molecule has 4 saturated heterocycles. The first kappa shape index (κ1) is 50.7. The van der Waals surface area contributed by atoms with Crippen LogP contribution in [0.5, 0.6) is 0 Å².